The molecule has 0 spiro atoms. The summed E-state index contributed by atoms with van der Waals surface area (Å²) in [6, 6.07) is 5.49. The fourth-order valence-electron chi connectivity index (χ4n) is 2.04. The number of nitrogens with two attached hydrogens (primary N) is 1. The molecule has 0 heterocycles. The molecule has 0 radical (unpaired) electrons. The number of hydrogen-bond acceptors (Lipinski definition) is 4. The summed E-state index contributed by atoms with van der Waals surface area (Å²) in [5.41, 5.74) is 7.46. The van der Waals surface area contributed by atoms with Gasteiger partial charge in [-0.1, -0.05) is 13.0 Å². The fourth-order valence-corrected chi connectivity index (χ4v) is 3.14. The van der Waals surface area contributed by atoms with E-state index in [-0.39, 0.29) is 0 Å². The van der Waals surface area contributed by atoms with E-state index in [2.05, 4.69) is 23.5 Å². The Labute approximate surface area is 128 Å². The quantitative estimate of drug-likeness (QED) is 0.762. The van der Waals surface area contributed by atoms with Crippen LogP contribution in [-0.4, -0.2) is 39.5 Å². The van der Waals surface area contributed by atoms with Crippen LogP contribution in [0.1, 0.15) is 31.4 Å². The highest BCUT2D eigenvalue weighted by Crippen LogP contribution is 2.15. The molecule has 0 aromatic heterocycles. The van der Waals surface area contributed by atoms with Crippen LogP contribution in [-0.2, 0) is 16.6 Å². The van der Waals surface area contributed by atoms with Crippen LogP contribution in [0.5, 0.6) is 0 Å². The van der Waals surface area contributed by atoms with Crippen LogP contribution in [0.4, 0.5) is 0 Å². The van der Waals surface area contributed by atoms with Gasteiger partial charge in [0, 0.05) is 25.7 Å². The first-order valence-electron chi connectivity index (χ1n) is 7.31. The second kappa shape index (κ2) is 7.89. The van der Waals surface area contributed by atoms with Gasteiger partial charge in [-0.2, -0.15) is 0 Å². The average Bonchev–Trinajstić information content (AvgIpc) is 2.45. The SMILES string of the molecule is CCC(C)N(C)CCNS(=O)(=O)c1ccc(CN)c(C)c1. The molecule has 3 N–H and O–H groups in total. The van der Waals surface area contributed by atoms with Crippen LogP contribution in [0, 0.1) is 6.92 Å². The summed E-state index contributed by atoms with van der Waals surface area (Å²) in [6.07, 6.45) is 1.04. The van der Waals surface area contributed by atoms with Crippen molar-refractivity contribution in [3.05, 3.63) is 29.3 Å². The smallest absolute Gasteiger partial charge is 0.240 e. The largest absolute Gasteiger partial charge is 0.326 e. The lowest BCUT2D eigenvalue weighted by Gasteiger charge is -2.23. The highest BCUT2D eigenvalue weighted by Gasteiger charge is 2.15. The Hall–Kier alpha value is -0.950. The summed E-state index contributed by atoms with van der Waals surface area (Å²) < 4.78 is 27.1. The van der Waals surface area contributed by atoms with Gasteiger partial charge in [0.2, 0.25) is 10.0 Å². The van der Waals surface area contributed by atoms with Crippen molar-refractivity contribution >= 4 is 10.0 Å². The molecule has 0 amide bonds. The van der Waals surface area contributed by atoms with E-state index in [4.69, 9.17) is 5.73 Å². The van der Waals surface area contributed by atoms with Crippen LogP contribution >= 0.6 is 0 Å². The van der Waals surface area contributed by atoms with E-state index >= 15 is 0 Å². The molecule has 120 valence electrons. The minimum Gasteiger partial charge on any atom is -0.326 e. The van der Waals surface area contributed by atoms with Gasteiger partial charge in [-0.25, -0.2) is 13.1 Å². The summed E-state index contributed by atoms with van der Waals surface area (Å²) in [5.74, 6) is 0. The zero-order valence-electron chi connectivity index (χ0n) is 13.4. The van der Waals surface area contributed by atoms with Crippen molar-refractivity contribution < 1.29 is 8.42 Å². The summed E-state index contributed by atoms with van der Waals surface area (Å²) >= 11 is 0. The highest BCUT2D eigenvalue weighted by molar-refractivity contribution is 7.89. The van der Waals surface area contributed by atoms with Crippen LogP contribution in [0.25, 0.3) is 0 Å². The maximum atomic E-state index is 12.2. The zero-order valence-corrected chi connectivity index (χ0v) is 14.2. The van der Waals surface area contributed by atoms with Crippen molar-refractivity contribution in [2.24, 2.45) is 5.73 Å². The third-order valence-corrected chi connectivity index (χ3v) is 5.40. The molecule has 0 aliphatic rings. The van der Waals surface area contributed by atoms with E-state index in [0.717, 1.165) is 17.5 Å². The molecule has 1 aromatic carbocycles. The van der Waals surface area contributed by atoms with Crippen molar-refractivity contribution in [3.8, 4) is 0 Å². The number of nitrogens with zero attached hydrogens (tertiary/aromatic N) is 1. The molecule has 0 saturated heterocycles. The minimum atomic E-state index is -3.45. The van der Waals surface area contributed by atoms with E-state index < -0.39 is 10.0 Å². The van der Waals surface area contributed by atoms with Crippen molar-refractivity contribution in [1.29, 1.82) is 0 Å². The Morgan fingerprint density at radius 3 is 2.57 bits per heavy atom. The zero-order chi connectivity index (χ0) is 16.0. The van der Waals surface area contributed by atoms with Gasteiger partial charge in [0.25, 0.3) is 0 Å². The molecular weight excluding hydrogens is 286 g/mol. The van der Waals surface area contributed by atoms with E-state index in [1.165, 1.54) is 0 Å². The summed E-state index contributed by atoms with van der Waals surface area (Å²) in [4.78, 5) is 2.44. The predicted octanol–water partition coefficient (Wildman–Crippen LogP) is 1.46. The Morgan fingerprint density at radius 1 is 1.38 bits per heavy atom. The molecule has 0 aliphatic carbocycles. The van der Waals surface area contributed by atoms with Gasteiger partial charge in [0.1, 0.15) is 0 Å². The Bertz CT molecular complexity index is 558. The number of rotatable bonds is 8. The van der Waals surface area contributed by atoms with Crippen LogP contribution in [0.3, 0.4) is 0 Å². The van der Waals surface area contributed by atoms with Gasteiger partial charge < -0.3 is 10.6 Å². The summed E-state index contributed by atoms with van der Waals surface area (Å²) in [7, 11) is -1.45. The molecule has 0 aliphatic heterocycles. The van der Waals surface area contributed by atoms with Gasteiger partial charge in [-0.15, -0.1) is 0 Å². The molecule has 0 fully saturated rings. The third kappa shape index (κ3) is 5.07. The lowest BCUT2D eigenvalue weighted by atomic mass is 10.1. The topological polar surface area (TPSA) is 75.4 Å². The van der Waals surface area contributed by atoms with Crippen molar-refractivity contribution in [2.45, 2.75) is 44.7 Å². The molecule has 6 heteroatoms. The molecular formula is C15H27N3O2S. The maximum absolute atomic E-state index is 12.2. The highest BCUT2D eigenvalue weighted by atomic mass is 32.2. The molecule has 5 nitrogen and oxygen atoms in total. The number of aryl methyl sites for hydroxylation is 1. The monoisotopic (exact) mass is 313 g/mol. The molecule has 1 unspecified atom stereocenters. The molecule has 0 bridgehead atoms. The molecule has 21 heavy (non-hydrogen) atoms. The van der Waals surface area contributed by atoms with E-state index in [0.29, 0.717) is 30.6 Å². The maximum Gasteiger partial charge on any atom is 0.240 e. The van der Waals surface area contributed by atoms with Gasteiger partial charge in [-0.05, 0) is 50.6 Å². The van der Waals surface area contributed by atoms with Crippen molar-refractivity contribution in [1.82, 2.24) is 9.62 Å². The number of nitrogens with one attached hydrogen (secondary N) is 1. The second-order valence-electron chi connectivity index (χ2n) is 5.43. The fraction of sp³-hybridized carbons (Fsp3) is 0.600. The van der Waals surface area contributed by atoms with E-state index in [9.17, 15) is 8.42 Å². The van der Waals surface area contributed by atoms with Gasteiger partial charge in [0.05, 0.1) is 4.90 Å². The molecule has 1 atom stereocenters. The first kappa shape index (κ1) is 18.1. The number of likely N-dealkylation sites (N-methyl/N-ethyl adjacent to an activating group) is 1. The normalized spacial score (nSPS) is 13.6. The standard InChI is InChI=1S/C15H27N3O2S/c1-5-13(3)18(4)9-8-17-21(19,20)15-7-6-14(11-16)12(2)10-15/h6-7,10,13,17H,5,8-9,11,16H2,1-4H3. The van der Waals surface area contributed by atoms with E-state index in [1.54, 1.807) is 18.2 Å². The van der Waals surface area contributed by atoms with Crippen LogP contribution in [0.2, 0.25) is 0 Å². The Balaban J connectivity index is 2.68. The van der Waals surface area contributed by atoms with E-state index in [1.807, 2.05) is 14.0 Å². The van der Waals surface area contributed by atoms with Crippen molar-refractivity contribution in [3.63, 3.8) is 0 Å². The van der Waals surface area contributed by atoms with Crippen molar-refractivity contribution in [2.75, 3.05) is 20.1 Å². The Kier molecular flexibility index (Phi) is 6.80. The van der Waals surface area contributed by atoms with Gasteiger partial charge in [-0.3, -0.25) is 0 Å². The minimum absolute atomic E-state index is 0.295. The lowest BCUT2D eigenvalue weighted by Crippen LogP contribution is -2.37. The first-order chi connectivity index (χ1) is 9.81. The van der Waals surface area contributed by atoms with Gasteiger partial charge in [0.15, 0.2) is 0 Å². The molecule has 1 rings (SSSR count). The summed E-state index contributed by atoms with van der Waals surface area (Å²) in [6.45, 7) is 7.63. The number of hydrogen-bond donors (Lipinski definition) is 2. The molecule has 0 saturated carbocycles. The first-order valence-corrected chi connectivity index (χ1v) is 8.79. The second-order valence-corrected chi connectivity index (χ2v) is 7.20. The lowest BCUT2D eigenvalue weighted by molar-refractivity contribution is 0.256. The average molecular weight is 313 g/mol. The third-order valence-electron chi connectivity index (χ3n) is 3.94. The van der Waals surface area contributed by atoms with Gasteiger partial charge >= 0.3 is 0 Å². The Morgan fingerprint density at radius 2 is 2.05 bits per heavy atom. The number of sulfonamides is 1. The van der Waals surface area contributed by atoms with Crippen LogP contribution < -0.4 is 10.5 Å². The predicted molar refractivity (Wildman–Crippen MR) is 86.6 cm³/mol. The number of benzene rings is 1. The molecule has 1 aromatic rings. The van der Waals surface area contributed by atoms with Crippen LogP contribution in [0.15, 0.2) is 23.1 Å². The summed E-state index contributed by atoms with van der Waals surface area (Å²) in [5, 5.41) is 0.